The fourth-order valence-corrected chi connectivity index (χ4v) is 1.96. The normalized spacial score (nSPS) is 10.9. The van der Waals surface area contributed by atoms with Crippen molar-refractivity contribution in [1.29, 1.82) is 5.26 Å². The Morgan fingerprint density at radius 3 is 2.58 bits per heavy atom. The molecule has 1 rings (SSSR count). The molecule has 102 valence electrons. The molecule has 1 aromatic rings. The van der Waals surface area contributed by atoms with Crippen LogP contribution >= 0.6 is 15.9 Å². The van der Waals surface area contributed by atoms with Crippen LogP contribution in [0, 0.1) is 11.3 Å². The van der Waals surface area contributed by atoms with Crippen LogP contribution in [0.15, 0.2) is 16.6 Å². The molecule has 3 nitrogen and oxygen atoms in total. The molecular formula is C12H9BrF3NO2. The molecule has 0 aliphatic heterocycles. The zero-order chi connectivity index (χ0) is 14.6. The molecule has 0 heterocycles. The Morgan fingerprint density at radius 2 is 2.11 bits per heavy atom. The number of halogens is 4. The number of carbonyl (C=O) groups excluding carboxylic acids is 1. The highest BCUT2D eigenvalue weighted by atomic mass is 79.9. The van der Waals surface area contributed by atoms with E-state index < -0.39 is 24.1 Å². The van der Waals surface area contributed by atoms with Crippen molar-refractivity contribution in [2.24, 2.45) is 0 Å². The second-order valence-electron chi connectivity index (χ2n) is 3.58. The molecule has 0 aliphatic carbocycles. The first-order valence-electron chi connectivity index (χ1n) is 5.25. The highest BCUT2D eigenvalue weighted by Gasteiger charge is 2.34. The molecule has 0 N–H and O–H groups in total. The summed E-state index contributed by atoms with van der Waals surface area (Å²) in [4.78, 5) is 11.3. The lowest BCUT2D eigenvalue weighted by molar-refractivity contribution is -0.143. The van der Waals surface area contributed by atoms with Crippen LogP contribution in [0.25, 0.3) is 0 Å². The van der Waals surface area contributed by atoms with E-state index in [4.69, 9.17) is 5.26 Å². The van der Waals surface area contributed by atoms with Gasteiger partial charge in [-0.25, -0.2) is 0 Å². The molecule has 0 fully saturated rings. The summed E-state index contributed by atoms with van der Waals surface area (Å²) in [5.74, 6) is -0.746. The van der Waals surface area contributed by atoms with E-state index in [1.54, 1.807) is 13.0 Å². The number of hydrogen-bond donors (Lipinski definition) is 0. The largest absolute Gasteiger partial charge is 0.466 e. The van der Waals surface area contributed by atoms with E-state index in [0.29, 0.717) is 0 Å². The van der Waals surface area contributed by atoms with E-state index in [2.05, 4.69) is 20.7 Å². The number of carbonyl (C=O) groups is 1. The van der Waals surface area contributed by atoms with Crippen molar-refractivity contribution in [3.8, 4) is 6.07 Å². The van der Waals surface area contributed by atoms with Crippen molar-refractivity contribution in [2.75, 3.05) is 6.61 Å². The minimum Gasteiger partial charge on any atom is -0.466 e. The quantitative estimate of drug-likeness (QED) is 0.795. The third-order valence-corrected chi connectivity index (χ3v) is 2.91. The van der Waals surface area contributed by atoms with Gasteiger partial charge in [0, 0.05) is 4.47 Å². The first-order chi connectivity index (χ1) is 8.79. The summed E-state index contributed by atoms with van der Waals surface area (Å²) in [7, 11) is 0. The second-order valence-corrected chi connectivity index (χ2v) is 4.43. The SMILES string of the molecule is CCOC(=O)Cc1cc(Br)c(C#N)cc1C(F)(F)F. The lowest BCUT2D eigenvalue weighted by atomic mass is 10.0. The number of hydrogen-bond acceptors (Lipinski definition) is 3. The Bertz CT molecular complexity index is 535. The summed E-state index contributed by atoms with van der Waals surface area (Å²) in [5, 5.41) is 8.73. The van der Waals surface area contributed by atoms with Crippen molar-refractivity contribution < 1.29 is 22.7 Å². The number of esters is 1. The molecule has 1 aromatic carbocycles. The Balaban J connectivity index is 3.26. The predicted molar refractivity (Wildman–Crippen MR) is 64.2 cm³/mol. The molecule has 0 aliphatic rings. The maximum Gasteiger partial charge on any atom is 0.416 e. The van der Waals surface area contributed by atoms with Gasteiger partial charge >= 0.3 is 12.1 Å². The van der Waals surface area contributed by atoms with Crippen molar-refractivity contribution in [3.63, 3.8) is 0 Å². The lowest BCUT2D eigenvalue weighted by Crippen LogP contribution is -2.15. The molecule has 0 spiro atoms. The fraction of sp³-hybridized carbons (Fsp3) is 0.333. The summed E-state index contributed by atoms with van der Waals surface area (Å²) in [6, 6.07) is 3.49. The minimum atomic E-state index is -4.63. The molecule has 0 unspecified atom stereocenters. The Hall–Kier alpha value is -1.55. The maximum atomic E-state index is 12.9. The van der Waals surface area contributed by atoms with Crippen LogP contribution < -0.4 is 0 Å². The van der Waals surface area contributed by atoms with E-state index in [1.807, 2.05) is 0 Å². The molecule has 0 radical (unpaired) electrons. The Morgan fingerprint density at radius 1 is 1.47 bits per heavy atom. The zero-order valence-electron chi connectivity index (χ0n) is 9.84. The number of rotatable bonds is 3. The number of benzene rings is 1. The zero-order valence-corrected chi connectivity index (χ0v) is 11.4. The van der Waals surface area contributed by atoms with Gasteiger partial charge in [-0.1, -0.05) is 0 Å². The number of ether oxygens (including phenoxy) is 1. The van der Waals surface area contributed by atoms with Crippen LogP contribution in [0.5, 0.6) is 0 Å². The molecule has 0 bridgehead atoms. The van der Waals surface area contributed by atoms with Crippen LogP contribution in [0.1, 0.15) is 23.6 Å². The van der Waals surface area contributed by atoms with E-state index in [-0.39, 0.29) is 22.2 Å². The average molecular weight is 336 g/mol. The first-order valence-corrected chi connectivity index (χ1v) is 6.04. The van der Waals surface area contributed by atoms with E-state index in [1.165, 1.54) is 0 Å². The monoisotopic (exact) mass is 335 g/mol. The van der Waals surface area contributed by atoms with Crippen LogP contribution in [0.4, 0.5) is 13.2 Å². The maximum absolute atomic E-state index is 12.9. The summed E-state index contributed by atoms with van der Waals surface area (Å²) >= 11 is 3.00. The fourth-order valence-electron chi connectivity index (χ4n) is 1.48. The van der Waals surface area contributed by atoms with Gasteiger partial charge in [-0.3, -0.25) is 4.79 Å². The summed E-state index contributed by atoms with van der Waals surface area (Å²) in [6.07, 6.45) is -5.12. The molecule has 0 atom stereocenters. The van der Waals surface area contributed by atoms with Crippen molar-refractivity contribution >= 4 is 21.9 Å². The van der Waals surface area contributed by atoms with Gasteiger partial charge in [0.1, 0.15) is 6.07 Å². The van der Waals surface area contributed by atoms with Gasteiger partial charge in [0.2, 0.25) is 0 Å². The lowest BCUT2D eigenvalue weighted by Gasteiger charge is -2.13. The predicted octanol–water partition coefficient (Wildman–Crippen LogP) is 3.45. The van der Waals surface area contributed by atoms with E-state index in [0.717, 1.165) is 12.1 Å². The Kier molecular flexibility index (Phi) is 4.95. The van der Waals surface area contributed by atoms with Crippen molar-refractivity contribution in [3.05, 3.63) is 33.3 Å². The molecule has 19 heavy (non-hydrogen) atoms. The van der Waals surface area contributed by atoms with E-state index in [9.17, 15) is 18.0 Å². The standard InChI is InChI=1S/C12H9BrF3NO2/c1-2-19-11(18)5-7-4-10(13)8(6-17)3-9(7)12(14,15)16/h3-4H,2,5H2,1H3. The number of alkyl halides is 3. The van der Waals surface area contributed by atoms with Crippen LogP contribution in [0.3, 0.4) is 0 Å². The highest BCUT2D eigenvalue weighted by molar-refractivity contribution is 9.10. The smallest absolute Gasteiger partial charge is 0.416 e. The van der Waals surface area contributed by atoms with Crippen molar-refractivity contribution in [2.45, 2.75) is 19.5 Å². The number of nitrogens with zero attached hydrogens (tertiary/aromatic N) is 1. The minimum absolute atomic E-state index is 0.0949. The van der Waals surface area contributed by atoms with Gasteiger partial charge in [-0.2, -0.15) is 18.4 Å². The molecule has 7 heteroatoms. The van der Waals surface area contributed by atoms with Crippen LogP contribution in [0.2, 0.25) is 0 Å². The van der Waals surface area contributed by atoms with Gasteiger partial charge in [0.05, 0.1) is 24.2 Å². The summed E-state index contributed by atoms with van der Waals surface area (Å²) in [6.45, 7) is 1.66. The van der Waals surface area contributed by atoms with Gasteiger partial charge in [0.15, 0.2) is 0 Å². The Labute approximate surface area is 116 Å². The molecular weight excluding hydrogens is 327 g/mol. The summed E-state index contributed by atoms with van der Waals surface area (Å²) < 4.78 is 43.4. The average Bonchev–Trinajstić information content (AvgIpc) is 2.27. The summed E-state index contributed by atoms with van der Waals surface area (Å²) in [5.41, 5.74) is -1.36. The van der Waals surface area contributed by atoms with Crippen molar-refractivity contribution in [1.82, 2.24) is 0 Å². The second kappa shape index (κ2) is 6.06. The third kappa shape index (κ3) is 3.96. The van der Waals surface area contributed by atoms with Gasteiger partial charge in [-0.05, 0) is 40.5 Å². The van der Waals surface area contributed by atoms with Gasteiger partial charge in [0.25, 0.3) is 0 Å². The van der Waals surface area contributed by atoms with Gasteiger partial charge in [-0.15, -0.1) is 0 Å². The molecule has 0 aromatic heterocycles. The van der Waals surface area contributed by atoms with Crippen LogP contribution in [-0.4, -0.2) is 12.6 Å². The number of nitriles is 1. The first kappa shape index (κ1) is 15.5. The highest BCUT2D eigenvalue weighted by Crippen LogP contribution is 2.35. The van der Waals surface area contributed by atoms with Crippen LogP contribution in [-0.2, 0) is 22.1 Å². The van der Waals surface area contributed by atoms with Gasteiger partial charge < -0.3 is 4.74 Å². The molecule has 0 saturated carbocycles. The molecule has 0 amide bonds. The third-order valence-electron chi connectivity index (χ3n) is 2.26. The van der Waals surface area contributed by atoms with E-state index >= 15 is 0 Å². The molecule has 0 saturated heterocycles. The topological polar surface area (TPSA) is 50.1 Å².